The molecule has 0 amide bonds. The van der Waals surface area contributed by atoms with Crippen molar-refractivity contribution < 1.29 is 14.6 Å². The maximum absolute atomic E-state index is 8.24. The summed E-state index contributed by atoms with van der Waals surface area (Å²) in [4.78, 5) is 0. The molecule has 0 aromatic heterocycles. The first kappa shape index (κ1) is 20.8. The third kappa shape index (κ3) is 23.1. The minimum absolute atomic E-state index is 0.0714. The molecule has 0 aromatic rings. The van der Waals surface area contributed by atoms with Gasteiger partial charge in [0.2, 0.25) is 0 Å². The largest absolute Gasteiger partial charge is 0.394 e. The Morgan fingerprint density at radius 1 is 1.37 bits per heavy atom. The zero-order valence-electron chi connectivity index (χ0n) is 12.9. The van der Waals surface area contributed by atoms with Gasteiger partial charge < -0.3 is 25.6 Å². The summed E-state index contributed by atoms with van der Waals surface area (Å²) in [5.74, 6) is 0. The second-order valence-electron chi connectivity index (χ2n) is 4.35. The fourth-order valence-electron chi connectivity index (χ4n) is 0.952. The number of allylic oxidation sites excluding steroid dienone is 1. The second-order valence-corrected chi connectivity index (χ2v) is 4.35. The van der Waals surface area contributed by atoms with Crippen molar-refractivity contribution in [2.75, 3.05) is 46.1 Å². The van der Waals surface area contributed by atoms with Crippen molar-refractivity contribution in [3.8, 4) is 0 Å². The molecular weight excluding hydrogens is 244 g/mol. The second kappa shape index (κ2) is 17.5. The Kier molecular flexibility index (Phi) is 19.2. The molecule has 116 valence electrons. The number of ether oxygens (including phenoxy) is 2. The minimum Gasteiger partial charge on any atom is -0.394 e. The van der Waals surface area contributed by atoms with E-state index < -0.39 is 0 Å². The predicted octanol–water partition coefficient (Wildman–Crippen LogP) is 0.921. The van der Waals surface area contributed by atoms with E-state index in [-0.39, 0.29) is 12.7 Å². The number of aliphatic hydroxyl groups is 1. The summed E-state index contributed by atoms with van der Waals surface area (Å²) < 4.78 is 10.3. The molecular formula is C14H32N2O3. The molecule has 4 N–H and O–H groups in total. The Bertz CT molecular complexity index is 195. The number of nitrogens with one attached hydrogen (secondary N) is 1. The molecule has 0 aliphatic rings. The lowest BCUT2D eigenvalue weighted by Crippen LogP contribution is -2.21. The molecule has 1 atom stereocenters. The highest BCUT2D eigenvalue weighted by Crippen LogP contribution is 1.87. The lowest BCUT2D eigenvalue weighted by molar-refractivity contribution is 0.0441. The van der Waals surface area contributed by atoms with Gasteiger partial charge in [-0.1, -0.05) is 18.6 Å². The van der Waals surface area contributed by atoms with Gasteiger partial charge >= 0.3 is 0 Å². The van der Waals surface area contributed by atoms with Gasteiger partial charge in [-0.25, -0.2) is 0 Å². The molecule has 0 spiro atoms. The average molecular weight is 276 g/mol. The summed E-state index contributed by atoms with van der Waals surface area (Å²) in [6, 6.07) is 0. The van der Waals surface area contributed by atoms with Crippen LogP contribution in [0.5, 0.6) is 0 Å². The predicted molar refractivity (Wildman–Crippen MR) is 80.3 cm³/mol. The quantitative estimate of drug-likeness (QED) is 0.408. The Hall–Kier alpha value is -0.460. The Labute approximate surface area is 118 Å². The van der Waals surface area contributed by atoms with Gasteiger partial charge in [0, 0.05) is 13.1 Å². The molecule has 19 heavy (non-hydrogen) atoms. The summed E-state index contributed by atoms with van der Waals surface area (Å²) in [6.07, 6.45) is 2.16. The number of hydrogen-bond donors (Lipinski definition) is 3. The van der Waals surface area contributed by atoms with Crippen molar-refractivity contribution in [3.05, 3.63) is 11.6 Å². The average Bonchev–Trinajstić information content (AvgIpc) is 2.40. The van der Waals surface area contributed by atoms with Gasteiger partial charge in [-0.05, 0) is 27.3 Å². The molecule has 0 bridgehead atoms. The van der Waals surface area contributed by atoms with Crippen molar-refractivity contribution in [1.82, 2.24) is 5.32 Å². The SMILES string of the molecule is CC(CN)OCCO.CCNCCOCC=C(C)C. The molecule has 1 unspecified atom stereocenters. The highest BCUT2D eigenvalue weighted by Gasteiger charge is 1.94. The molecule has 0 aliphatic heterocycles. The van der Waals surface area contributed by atoms with Gasteiger partial charge in [0.05, 0.1) is 32.5 Å². The smallest absolute Gasteiger partial charge is 0.0701 e. The lowest BCUT2D eigenvalue weighted by Gasteiger charge is -2.07. The van der Waals surface area contributed by atoms with Crippen LogP contribution < -0.4 is 11.1 Å². The van der Waals surface area contributed by atoms with Crippen LogP contribution in [0.2, 0.25) is 0 Å². The van der Waals surface area contributed by atoms with E-state index in [1.165, 1.54) is 5.57 Å². The van der Waals surface area contributed by atoms with E-state index in [1.54, 1.807) is 0 Å². The van der Waals surface area contributed by atoms with E-state index in [0.717, 1.165) is 26.3 Å². The molecule has 0 aromatic carbocycles. The monoisotopic (exact) mass is 276 g/mol. The highest BCUT2D eigenvalue weighted by molar-refractivity contribution is 4.92. The highest BCUT2D eigenvalue weighted by atomic mass is 16.5. The standard InChI is InChI=1S/C9H19NO.C5H13NO2/c1-4-10-6-8-11-7-5-9(2)3;1-5(4-6)8-3-2-7/h5,10H,4,6-8H2,1-3H3;5,7H,2-4,6H2,1H3. The van der Waals surface area contributed by atoms with Crippen molar-refractivity contribution >= 4 is 0 Å². The van der Waals surface area contributed by atoms with Crippen LogP contribution in [0.1, 0.15) is 27.7 Å². The third-order valence-corrected chi connectivity index (χ3v) is 2.11. The molecule has 0 radical (unpaired) electrons. The first-order valence-electron chi connectivity index (χ1n) is 6.92. The Balaban J connectivity index is 0. The van der Waals surface area contributed by atoms with E-state index in [0.29, 0.717) is 13.2 Å². The number of rotatable bonds is 10. The first-order valence-corrected chi connectivity index (χ1v) is 6.92. The zero-order chi connectivity index (χ0) is 14.9. The van der Waals surface area contributed by atoms with Crippen LogP contribution >= 0.6 is 0 Å². The van der Waals surface area contributed by atoms with Crippen LogP contribution in [0.4, 0.5) is 0 Å². The number of likely N-dealkylation sites (N-methyl/N-ethyl adjacent to an activating group) is 1. The number of hydrogen-bond acceptors (Lipinski definition) is 5. The molecule has 0 saturated carbocycles. The van der Waals surface area contributed by atoms with Crippen molar-refractivity contribution in [1.29, 1.82) is 0 Å². The fourth-order valence-corrected chi connectivity index (χ4v) is 0.952. The normalized spacial score (nSPS) is 11.5. The molecule has 5 heteroatoms. The van der Waals surface area contributed by atoms with Crippen LogP contribution in [0, 0.1) is 0 Å². The summed E-state index contributed by atoms with van der Waals surface area (Å²) in [6.45, 7) is 12.6. The minimum atomic E-state index is 0.0714. The fraction of sp³-hybridized carbons (Fsp3) is 0.857. The topological polar surface area (TPSA) is 76.7 Å². The van der Waals surface area contributed by atoms with Gasteiger partial charge in [-0.15, -0.1) is 0 Å². The maximum atomic E-state index is 8.24. The van der Waals surface area contributed by atoms with Crippen LogP contribution in [0.3, 0.4) is 0 Å². The first-order chi connectivity index (χ1) is 9.08. The van der Waals surface area contributed by atoms with E-state index >= 15 is 0 Å². The molecule has 0 saturated heterocycles. The molecule has 0 aliphatic carbocycles. The Morgan fingerprint density at radius 3 is 2.53 bits per heavy atom. The van der Waals surface area contributed by atoms with Crippen LogP contribution in [-0.2, 0) is 9.47 Å². The van der Waals surface area contributed by atoms with Gasteiger partial charge in [-0.2, -0.15) is 0 Å². The van der Waals surface area contributed by atoms with Crippen molar-refractivity contribution in [3.63, 3.8) is 0 Å². The summed E-state index contributed by atoms with van der Waals surface area (Å²) >= 11 is 0. The van der Waals surface area contributed by atoms with E-state index in [9.17, 15) is 0 Å². The van der Waals surface area contributed by atoms with Crippen molar-refractivity contribution in [2.24, 2.45) is 5.73 Å². The van der Waals surface area contributed by atoms with E-state index in [4.69, 9.17) is 20.3 Å². The van der Waals surface area contributed by atoms with Crippen molar-refractivity contribution in [2.45, 2.75) is 33.8 Å². The Morgan fingerprint density at radius 2 is 2.05 bits per heavy atom. The summed E-state index contributed by atoms with van der Waals surface area (Å²) in [5.41, 5.74) is 6.52. The van der Waals surface area contributed by atoms with Gasteiger partial charge in [0.1, 0.15) is 0 Å². The van der Waals surface area contributed by atoms with Gasteiger partial charge in [0.25, 0.3) is 0 Å². The zero-order valence-corrected chi connectivity index (χ0v) is 12.9. The van der Waals surface area contributed by atoms with E-state index in [2.05, 4.69) is 32.2 Å². The van der Waals surface area contributed by atoms with Crippen LogP contribution in [0.25, 0.3) is 0 Å². The van der Waals surface area contributed by atoms with Gasteiger partial charge in [-0.3, -0.25) is 0 Å². The lowest BCUT2D eigenvalue weighted by atomic mass is 10.3. The van der Waals surface area contributed by atoms with Crippen LogP contribution in [-0.4, -0.2) is 57.3 Å². The summed E-state index contributed by atoms with van der Waals surface area (Å²) in [5, 5.41) is 11.4. The summed E-state index contributed by atoms with van der Waals surface area (Å²) in [7, 11) is 0. The molecule has 0 fully saturated rings. The molecule has 0 heterocycles. The van der Waals surface area contributed by atoms with E-state index in [1.807, 2.05) is 6.92 Å². The molecule has 5 nitrogen and oxygen atoms in total. The molecule has 0 rings (SSSR count). The maximum Gasteiger partial charge on any atom is 0.0701 e. The third-order valence-electron chi connectivity index (χ3n) is 2.11. The number of nitrogens with two attached hydrogens (primary N) is 1. The van der Waals surface area contributed by atoms with Gasteiger partial charge in [0.15, 0.2) is 0 Å². The number of aliphatic hydroxyl groups excluding tert-OH is 1. The van der Waals surface area contributed by atoms with Crippen LogP contribution in [0.15, 0.2) is 11.6 Å².